The maximum atomic E-state index is 12.6. The van der Waals surface area contributed by atoms with Gasteiger partial charge in [0.1, 0.15) is 0 Å². The number of urea groups is 1. The van der Waals surface area contributed by atoms with Crippen LogP contribution in [0.3, 0.4) is 0 Å². The Kier molecular flexibility index (Phi) is 7.90. The normalized spacial score (nSPS) is 20.0. The van der Waals surface area contributed by atoms with Gasteiger partial charge in [-0.1, -0.05) is 35.5 Å². The van der Waals surface area contributed by atoms with E-state index in [2.05, 4.69) is 15.5 Å². The highest BCUT2D eigenvalue weighted by Crippen LogP contribution is 2.26. The van der Waals surface area contributed by atoms with Crippen LogP contribution in [-0.4, -0.2) is 60.6 Å². The summed E-state index contributed by atoms with van der Waals surface area (Å²) in [6.07, 6.45) is 4.66. The summed E-state index contributed by atoms with van der Waals surface area (Å²) in [7, 11) is 0. The Balaban J connectivity index is 1.20. The number of carbonyl (C=O) groups excluding carboxylic acids is 1. The molecule has 0 radical (unpaired) electrons. The molecule has 0 spiro atoms. The van der Waals surface area contributed by atoms with Crippen molar-refractivity contribution in [1.82, 2.24) is 20.4 Å². The van der Waals surface area contributed by atoms with Gasteiger partial charge in [-0.25, -0.2) is 4.79 Å². The molecule has 2 saturated heterocycles. The van der Waals surface area contributed by atoms with Crippen LogP contribution in [0.4, 0.5) is 4.79 Å². The minimum absolute atomic E-state index is 0.0465. The van der Waals surface area contributed by atoms with Gasteiger partial charge in [-0.05, 0) is 37.2 Å². The molecule has 1 aromatic heterocycles. The first kappa shape index (κ1) is 21.8. The molecule has 1 N–H and O–H groups in total. The van der Waals surface area contributed by atoms with Gasteiger partial charge in [0.25, 0.3) is 0 Å². The van der Waals surface area contributed by atoms with Gasteiger partial charge in [-0.3, -0.25) is 0 Å². The highest BCUT2D eigenvalue weighted by atomic mass is 16.5. The highest BCUT2D eigenvalue weighted by Gasteiger charge is 2.28. The van der Waals surface area contributed by atoms with Crippen molar-refractivity contribution in [2.45, 2.75) is 44.6 Å². The zero-order valence-electron chi connectivity index (χ0n) is 18.0. The Morgan fingerprint density at radius 3 is 2.87 bits per heavy atom. The predicted octanol–water partition coefficient (Wildman–Crippen LogP) is 3.14. The van der Waals surface area contributed by atoms with E-state index in [1.165, 1.54) is 0 Å². The monoisotopic (exact) mass is 428 g/mol. The molecule has 1 aromatic carbocycles. The second-order valence-electron chi connectivity index (χ2n) is 8.36. The summed E-state index contributed by atoms with van der Waals surface area (Å²) in [5.74, 6) is 1.98. The number of amides is 2. The van der Waals surface area contributed by atoms with Crippen LogP contribution < -0.4 is 5.32 Å². The van der Waals surface area contributed by atoms with Gasteiger partial charge in [0.05, 0.1) is 12.5 Å². The molecule has 8 heteroatoms. The lowest BCUT2D eigenvalue weighted by atomic mass is 9.98. The van der Waals surface area contributed by atoms with Crippen molar-refractivity contribution >= 4 is 6.03 Å². The Labute approximate surface area is 183 Å². The zero-order chi connectivity index (χ0) is 21.3. The molecule has 0 aliphatic carbocycles. The smallest absolute Gasteiger partial charge is 0.317 e. The molecule has 1 unspecified atom stereocenters. The lowest BCUT2D eigenvalue weighted by molar-refractivity contribution is 0.0211. The Morgan fingerprint density at radius 1 is 1.19 bits per heavy atom. The molecular weight excluding hydrogens is 396 g/mol. The van der Waals surface area contributed by atoms with E-state index in [-0.39, 0.29) is 11.9 Å². The van der Waals surface area contributed by atoms with E-state index in [4.69, 9.17) is 14.0 Å². The SMILES string of the molecule is O=C(NCc1ccccc1)N1CCCC(c2nc(CCOCC3CCOCC3)no2)C1. The summed E-state index contributed by atoms with van der Waals surface area (Å²) >= 11 is 0. The van der Waals surface area contributed by atoms with Crippen LogP contribution in [-0.2, 0) is 22.4 Å². The maximum absolute atomic E-state index is 12.6. The van der Waals surface area contributed by atoms with Crippen molar-refractivity contribution in [3.63, 3.8) is 0 Å². The number of nitrogens with one attached hydrogen (secondary N) is 1. The second kappa shape index (κ2) is 11.2. The Bertz CT molecular complexity index is 807. The molecule has 4 rings (SSSR count). The van der Waals surface area contributed by atoms with Crippen LogP contribution >= 0.6 is 0 Å². The van der Waals surface area contributed by atoms with Gasteiger partial charge in [-0.2, -0.15) is 4.98 Å². The number of hydrogen-bond acceptors (Lipinski definition) is 6. The lowest BCUT2D eigenvalue weighted by Gasteiger charge is -2.31. The number of piperidine rings is 1. The first-order valence-corrected chi connectivity index (χ1v) is 11.3. The van der Waals surface area contributed by atoms with Crippen molar-refractivity contribution in [3.05, 3.63) is 47.6 Å². The van der Waals surface area contributed by atoms with E-state index in [1.54, 1.807) is 0 Å². The Hall–Kier alpha value is -2.45. The molecule has 0 saturated carbocycles. The number of ether oxygens (including phenoxy) is 2. The summed E-state index contributed by atoms with van der Waals surface area (Å²) in [5.41, 5.74) is 1.09. The number of nitrogens with zero attached hydrogens (tertiary/aromatic N) is 3. The van der Waals surface area contributed by atoms with Crippen molar-refractivity contribution in [1.29, 1.82) is 0 Å². The fourth-order valence-corrected chi connectivity index (χ4v) is 4.11. The number of hydrogen-bond donors (Lipinski definition) is 1. The number of carbonyl (C=O) groups is 1. The summed E-state index contributed by atoms with van der Waals surface area (Å²) in [6, 6.07) is 9.88. The fourth-order valence-electron chi connectivity index (χ4n) is 4.11. The van der Waals surface area contributed by atoms with E-state index in [9.17, 15) is 4.79 Å². The number of rotatable bonds is 8. The van der Waals surface area contributed by atoms with Crippen LogP contribution in [0.15, 0.2) is 34.9 Å². The first-order valence-electron chi connectivity index (χ1n) is 11.3. The summed E-state index contributed by atoms with van der Waals surface area (Å²) in [6.45, 7) is 4.91. The van der Waals surface area contributed by atoms with Crippen molar-refractivity contribution in [2.24, 2.45) is 5.92 Å². The van der Waals surface area contributed by atoms with Crippen LogP contribution in [0.25, 0.3) is 0 Å². The molecule has 168 valence electrons. The van der Waals surface area contributed by atoms with Crippen LogP contribution in [0, 0.1) is 5.92 Å². The quantitative estimate of drug-likeness (QED) is 0.650. The van der Waals surface area contributed by atoms with Crippen molar-refractivity contribution in [2.75, 3.05) is 39.5 Å². The third-order valence-electron chi connectivity index (χ3n) is 5.99. The van der Waals surface area contributed by atoms with Gasteiger partial charge in [0.15, 0.2) is 5.82 Å². The molecule has 2 aromatic rings. The van der Waals surface area contributed by atoms with Crippen LogP contribution in [0.1, 0.15) is 48.9 Å². The zero-order valence-corrected chi connectivity index (χ0v) is 18.0. The standard InChI is InChI=1S/C23H32N4O4/c28-23(24-15-18-5-2-1-3-6-18)27-11-4-7-20(16-27)22-25-21(26-31-22)10-14-30-17-19-8-12-29-13-9-19/h1-3,5-6,19-20H,4,7-17H2,(H,24,28). The molecule has 1 atom stereocenters. The van der Waals surface area contributed by atoms with Gasteiger partial charge in [0.2, 0.25) is 5.89 Å². The summed E-state index contributed by atoms with van der Waals surface area (Å²) in [5, 5.41) is 7.12. The number of benzene rings is 1. The molecule has 2 aliphatic rings. The summed E-state index contributed by atoms with van der Waals surface area (Å²) < 4.78 is 16.7. The van der Waals surface area contributed by atoms with Gasteiger partial charge in [0, 0.05) is 45.9 Å². The van der Waals surface area contributed by atoms with Crippen molar-refractivity contribution < 1.29 is 18.8 Å². The molecule has 2 fully saturated rings. The number of likely N-dealkylation sites (tertiary alicyclic amines) is 1. The molecule has 2 amide bonds. The number of aromatic nitrogens is 2. The summed E-state index contributed by atoms with van der Waals surface area (Å²) in [4.78, 5) is 19.0. The van der Waals surface area contributed by atoms with Gasteiger partial charge >= 0.3 is 6.03 Å². The van der Waals surface area contributed by atoms with E-state index < -0.39 is 0 Å². The van der Waals surface area contributed by atoms with Crippen molar-refractivity contribution in [3.8, 4) is 0 Å². The molecule has 31 heavy (non-hydrogen) atoms. The van der Waals surface area contributed by atoms with E-state index in [0.29, 0.717) is 43.8 Å². The largest absolute Gasteiger partial charge is 0.381 e. The first-order chi connectivity index (χ1) is 15.3. The van der Waals surface area contributed by atoms with Gasteiger partial charge in [-0.15, -0.1) is 0 Å². The Morgan fingerprint density at radius 2 is 2.03 bits per heavy atom. The van der Waals surface area contributed by atoms with E-state index in [1.807, 2.05) is 35.2 Å². The highest BCUT2D eigenvalue weighted by molar-refractivity contribution is 5.74. The second-order valence-corrected chi connectivity index (χ2v) is 8.36. The minimum Gasteiger partial charge on any atom is -0.381 e. The average molecular weight is 429 g/mol. The molecule has 8 nitrogen and oxygen atoms in total. The molecule has 3 heterocycles. The third-order valence-corrected chi connectivity index (χ3v) is 5.99. The molecule has 2 aliphatic heterocycles. The van der Waals surface area contributed by atoms with E-state index in [0.717, 1.165) is 57.6 Å². The lowest BCUT2D eigenvalue weighted by Crippen LogP contribution is -2.44. The van der Waals surface area contributed by atoms with Gasteiger partial charge < -0.3 is 24.2 Å². The third kappa shape index (κ3) is 6.51. The molecule has 0 bridgehead atoms. The topological polar surface area (TPSA) is 89.7 Å². The average Bonchev–Trinajstić information content (AvgIpc) is 3.31. The van der Waals surface area contributed by atoms with Crippen LogP contribution in [0.2, 0.25) is 0 Å². The fraction of sp³-hybridized carbons (Fsp3) is 0.609. The molecular formula is C23H32N4O4. The predicted molar refractivity (Wildman–Crippen MR) is 115 cm³/mol. The van der Waals surface area contributed by atoms with Crippen LogP contribution in [0.5, 0.6) is 0 Å². The maximum Gasteiger partial charge on any atom is 0.317 e. The minimum atomic E-state index is -0.0465. The van der Waals surface area contributed by atoms with E-state index >= 15 is 0 Å².